The molecule has 118 valence electrons. The molecule has 0 amide bonds. The second-order valence-corrected chi connectivity index (χ2v) is 5.22. The fraction of sp³-hybridized carbons (Fsp3) is 0.353. The van der Waals surface area contributed by atoms with Gasteiger partial charge in [-0.15, -0.1) is 12.4 Å². The van der Waals surface area contributed by atoms with Gasteiger partial charge in [0.2, 0.25) is 0 Å². The number of furan rings is 1. The first-order chi connectivity index (χ1) is 10.3. The van der Waals surface area contributed by atoms with Crippen molar-refractivity contribution in [1.82, 2.24) is 5.32 Å². The predicted octanol–water partition coefficient (Wildman–Crippen LogP) is 3.80. The molecule has 1 aliphatic rings. The first-order valence-corrected chi connectivity index (χ1v) is 7.36. The van der Waals surface area contributed by atoms with Crippen molar-refractivity contribution in [1.29, 1.82) is 0 Å². The number of carbonyl (C=O) groups is 1. The highest BCUT2D eigenvalue weighted by atomic mass is 35.5. The van der Waals surface area contributed by atoms with Crippen LogP contribution in [0.4, 0.5) is 0 Å². The lowest BCUT2D eigenvalue weighted by Crippen LogP contribution is -2.14. The maximum absolute atomic E-state index is 11.6. The van der Waals surface area contributed by atoms with Gasteiger partial charge in [0.1, 0.15) is 11.5 Å². The molecule has 1 saturated carbocycles. The van der Waals surface area contributed by atoms with E-state index in [-0.39, 0.29) is 18.4 Å². The Morgan fingerprint density at radius 3 is 2.59 bits per heavy atom. The van der Waals surface area contributed by atoms with Crippen LogP contribution in [0.3, 0.4) is 0 Å². The van der Waals surface area contributed by atoms with Gasteiger partial charge in [0.25, 0.3) is 0 Å². The number of hydrogen-bond donors (Lipinski definition) is 1. The van der Waals surface area contributed by atoms with Gasteiger partial charge < -0.3 is 14.5 Å². The molecule has 1 aromatic carbocycles. The molecule has 1 N–H and O–H groups in total. The molecule has 3 rings (SSSR count). The Balaban J connectivity index is 0.00000176. The summed E-state index contributed by atoms with van der Waals surface area (Å²) in [5, 5.41) is 3.42. The van der Waals surface area contributed by atoms with E-state index in [1.54, 1.807) is 19.1 Å². The summed E-state index contributed by atoms with van der Waals surface area (Å²) in [6, 6.07) is 11.9. The molecule has 5 heteroatoms. The molecule has 0 spiro atoms. The largest absolute Gasteiger partial charge is 0.462 e. The lowest BCUT2D eigenvalue weighted by atomic mass is 10.1. The number of carbonyl (C=O) groups excluding carboxylic acids is 1. The molecule has 4 nitrogen and oxygen atoms in total. The van der Waals surface area contributed by atoms with Gasteiger partial charge in [-0.1, -0.05) is 12.1 Å². The smallest absolute Gasteiger partial charge is 0.338 e. The fourth-order valence-corrected chi connectivity index (χ4v) is 2.15. The van der Waals surface area contributed by atoms with Crippen LogP contribution >= 0.6 is 12.4 Å². The Kier molecular flexibility index (Phi) is 5.63. The third-order valence-corrected chi connectivity index (χ3v) is 3.48. The summed E-state index contributed by atoms with van der Waals surface area (Å²) in [7, 11) is 0. The van der Waals surface area contributed by atoms with E-state index < -0.39 is 0 Å². The minimum Gasteiger partial charge on any atom is -0.462 e. The Bertz CT molecular complexity index is 617. The van der Waals surface area contributed by atoms with Gasteiger partial charge in [-0.3, -0.25) is 0 Å². The Hall–Kier alpha value is -1.78. The van der Waals surface area contributed by atoms with Gasteiger partial charge >= 0.3 is 5.97 Å². The molecule has 0 aliphatic heterocycles. The van der Waals surface area contributed by atoms with E-state index in [1.165, 1.54) is 12.8 Å². The highest BCUT2D eigenvalue weighted by Crippen LogP contribution is 2.24. The van der Waals surface area contributed by atoms with Crippen molar-refractivity contribution in [3.05, 3.63) is 47.7 Å². The Labute approximate surface area is 136 Å². The average Bonchev–Trinajstić information content (AvgIpc) is 3.22. The van der Waals surface area contributed by atoms with Crippen LogP contribution in [0.2, 0.25) is 0 Å². The van der Waals surface area contributed by atoms with Crippen molar-refractivity contribution in [3.8, 4) is 11.3 Å². The maximum atomic E-state index is 11.6. The van der Waals surface area contributed by atoms with Gasteiger partial charge in [0.05, 0.1) is 18.7 Å². The SMILES string of the molecule is CCOC(=O)c1ccc(-c2ccc(CNC3CC3)o2)cc1.Cl. The Morgan fingerprint density at radius 1 is 1.23 bits per heavy atom. The van der Waals surface area contributed by atoms with E-state index in [0.29, 0.717) is 18.2 Å². The van der Waals surface area contributed by atoms with Crippen molar-refractivity contribution < 1.29 is 13.9 Å². The quantitative estimate of drug-likeness (QED) is 0.822. The van der Waals surface area contributed by atoms with E-state index in [1.807, 2.05) is 24.3 Å². The minimum atomic E-state index is -0.294. The number of ether oxygens (including phenoxy) is 1. The van der Waals surface area contributed by atoms with Crippen LogP contribution in [0.25, 0.3) is 11.3 Å². The van der Waals surface area contributed by atoms with Crippen LogP contribution < -0.4 is 5.32 Å². The number of rotatable bonds is 6. The van der Waals surface area contributed by atoms with Crippen molar-refractivity contribution in [2.24, 2.45) is 0 Å². The van der Waals surface area contributed by atoms with Crippen molar-refractivity contribution in [2.45, 2.75) is 32.4 Å². The van der Waals surface area contributed by atoms with Crippen LogP contribution in [0, 0.1) is 0 Å². The van der Waals surface area contributed by atoms with Crippen LogP contribution in [0.5, 0.6) is 0 Å². The first kappa shape index (κ1) is 16.6. The van der Waals surface area contributed by atoms with E-state index >= 15 is 0 Å². The summed E-state index contributed by atoms with van der Waals surface area (Å²) in [5.74, 6) is 1.46. The zero-order chi connectivity index (χ0) is 14.7. The normalized spacial score (nSPS) is 13.5. The number of benzene rings is 1. The number of hydrogen-bond acceptors (Lipinski definition) is 4. The van der Waals surface area contributed by atoms with E-state index in [4.69, 9.17) is 9.15 Å². The second-order valence-electron chi connectivity index (χ2n) is 5.22. The van der Waals surface area contributed by atoms with E-state index in [9.17, 15) is 4.79 Å². The van der Waals surface area contributed by atoms with Gasteiger partial charge in [0.15, 0.2) is 0 Å². The fourth-order valence-electron chi connectivity index (χ4n) is 2.15. The van der Waals surface area contributed by atoms with Crippen LogP contribution in [0.1, 0.15) is 35.9 Å². The topological polar surface area (TPSA) is 51.5 Å². The molecule has 0 bridgehead atoms. The molecular weight excluding hydrogens is 302 g/mol. The average molecular weight is 322 g/mol. The molecule has 1 aromatic heterocycles. The maximum Gasteiger partial charge on any atom is 0.338 e. The number of nitrogens with one attached hydrogen (secondary N) is 1. The number of halogens is 1. The summed E-state index contributed by atoms with van der Waals surface area (Å²) in [5.41, 5.74) is 1.52. The van der Waals surface area contributed by atoms with Crippen molar-refractivity contribution in [3.63, 3.8) is 0 Å². The molecule has 22 heavy (non-hydrogen) atoms. The van der Waals surface area contributed by atoms with Crippen LogP contribution in [-0.4, -0.2) is 18.6 Å². The second kappa shape index (κ2) is 7.47. The number of esters is 1. The van der Waals surface area contributed by atoms with E-state index in [0.717, 1.165) is 23.6 Å². The molecule has 0 unspecified atom stereocenters. The van der Waals surface area contributed by atoms with Gasteiger partial charge in [-0.25, -0.2) is 4.79 Å². The molecule has 1 fully saturated rings. The molecule has 1 aliphatic carbocycles. The summed E-state index contributed by atoms with van der Waals surface area (Å²) in [4.78, 5) is 11.6. The van der Waals surface area contributed by atoms with Gasteiger partial charge in [-0.2, -0.15) is 0 Å². The van der Waals surface area contributed by atoms with Gasteiger partial charge in [-0.05, 0) is 44.0 Å². The summed E-state index contributed by atoms with van der Waals surface area (Å²) < 4.78 is 10.8. The monoisotopic (exact) mass is 321 g/mol. The molecule has 0 atom stereocenters. The summed E-state index contributed by atoms with van der Waals surface area (Å²) in [6.07, 6.45) is 2.53. The van der Waals surface area contributed by atoms with Crippen molar-refractivity contribution >= 4 is 18.4 Å². The lowest BCUT2D eigenvalue weighted by molar-refractivity contribution is 0.0526. The van der Waals surface area contributed by atoms with Crippen LogP contribution in [0.15, 0.2) is 40.8 Å². The molecular formula is C17H20ClNO3. The van der Waals surface area contributed by atoms with Crippen LogP contribution in [-0.2, 0) is 11.3 Å². The van der Waals surface area contributed by atoms with E-state index in [2.05, 4.69) is 5.32 Å². The standard InChI is InChI=1S/C17H19NO3.ClH/c1-2-20-17(19)13-5-3-12(4-6-13)16-10-9-15(21-16)11-18-14-7-8-14;/h3-6,9-10,14,18H,2,7-8,11H2,1H3;1H. The molecule has 0 saturated heterocycles. The highest BCUT2D eigenvalue weighted by Gasteiger charge is 2.20. The summed E-state index contributed by atoms with van der Waals surface area (Å²) >= 11 is 0. The molecule has 1 heterocycles. The molecule has 0 radical (unpaired) electrons. The minimum absolute atomic E-state index is 0. The predicted molar refractivity (Wildman–Crippen MR) is 87.2 cm³/mol. The zero-order valence-electron chi connectivity index (χ0n) is 12.5. The van der Waals surface area contributed by atoms with Crippen molar-refractivity contribution in [2.75, 3.05) is 6.61 Å². The summed E-state index contributed by atoms with van der Waals surface area (Å²) in [6.45, 7) is 2.95. The van der Waals surface area contributed by atoms with Gasteiger partial charge in [0, 0.05) is 11.6 Å². The Morgan fingerprint density at radius 2 is 1.95 bits per heavy atom. The third kappa shape index (κ3) is 4.12. The third-order valence-electron chi connectivity index (χ3n) is 3.48. The zero-order valence-corrected chi connectivity index (χ0v) is 13.3. The molecule has 2 aromatic rings. The highest BCUT2D eigenvalue weighted by molar-refractivity contribution is 5.89. The first-order valence-electron chi connectivity index (χ1n) is 7.36. The lowest BCUT2D eigenvalue weighted by Gasteiger charge is -2.03.